The minimum absolute atomic E-state index is 0.232. The number of carbonyl (C=O) groups excluding carboxylic acids is 1. The SMILES string of the molecule is Cc1nnc(C)n1NC(=O)C1=NN(c2ccc(Cl)cc2Cl)C(c2ccc(Cl)cc2)C1. The van der Waals surface area contributed by atoms with E-state index in [0.717, 1.165) is 5.56 Å². The van der Waals surface area contributed by atoms with Crippen molar-refractivity contribution < 1.29 is 4.79 Å². The molecule has 10 heteroatoms. The maximum atomic E-state index is 12.9. The highest BCUT2D eigenvalue weighted by Crippen LogP contribution is 2.39. The molecule has 1 unspecified atom stereocenters. The molecule has 0 saturated carbocycles. The number of anilines is 1. The second-order valence-electron chi connectivity index (χ2n) is 6.83. The van der Waals surface area contributed by atoms with E-state index >= 15 is 0 Å². The first kappa shape index (κ1) is 20.7. The topological polar surface area (TPSA) is 75.4 Å². The summed E-state index contributed by atoms with van der Waals surface area (Å²) in [6.07, 6.45) is 0.382. The van der Waals surface area contributed by atoms with Crippen LogP contribution in [0.15, 0.2) is 47.6 Å². The van der Waals surface area contributed by atoms with Crippen LogP contribution in [0.2, 0.25) is 15.1 Å². The number of rotatable bonds is 4. The Balaban J connectivity index is 1.69. The molecule has 2 aromatic carbocycles. The Morgan fingerprint density at radius 1 is 1.00 bits per heavy atom. The number of benzene rings is 2. The van der Waals surface area contributed by atoms with Crippen LogP contribution in [-0.4, -0.2) is 26.5 Å². The highest BCUT2D eigenvalue weighted by molar-refractivity contribution is 6.43. The lowest BCUT2D eigenvalue weighted by atomic mass is 10.0. The van der Waals surface area contributed by atoms with Crippen LogP contribution in [0.1, 0.15) is 29.7 Å². The molecule has 1 aliphatic rings. The molecule has 0 bridgehead atoms. The second-order valence-corrected chi connectivity index (χ2v) is 8.11. The third kappa shape index (κ3) is 4.01. The van der Waals surface area contributed by atoms with Crippen LogP contribution in [0, 0.1) is 13.8 Å². The van der Waals surface area contributed by atoms with Crippen molar-refractivity contribution in [3.63, 3.8) is 0 Å². The lowest BCUT2D eigenvalue weighted by Crippen LogP contribution is -2.30. The summed E-state index contributed by atoms with van der Waals surface area (Å²) in [6, 6.07) is 12.4. The number of nitrogens with one attached hydrogen (secondary N) is 1. The lowest BCUT2D eigenvalue weighted by molar-refractivity contribution is -0.111. The zero-order valence-corrected chi connectivity index (χ0v) is 18.4. The van der Waals surface area contributed by atoms with Gasteiger partial charge < -0.3 is 0 Å². The van der Waals surface area contributed by atoms with Crippen LogP contribution in [0.5, 0.6) is 0 Å². The number of amides is 1. The smallest absolute Gasteiger partial charge is 0.266 e. The van der Waals surface area contributed by atoms with Crippen molar-refractivity contribution in [2.45, 2.75) is 26.3 Å². The number of aryl methyl sites for hydroxylation is 2. The number of hydrazone groups is 1. The van der Waals surface area contributed by atoms with E-state index in [9.17, 15) is 4.79 Å². The minimum atomic E-state index is -0.340. The molecule has 1 amide bonds. The van der Waals surface area contributed by atoms with Crippen molar-refractivity contribution in [3.05, 3.63) is 74.7 Å². The molecular weight excluding hydrogens is 447 g/mol. The van der Waals surface area contributed by atoms with Crippen molar-refractivity contribution >= 4 is 52.1 Å². The van der Waals surface area contributed by atoms with Gasteiger partial charge >= 0.3 is 0 Å². The molecule has 1 atom stereocenters. The molecule has 0 saturated heterocycles. The zero-order chi connectivity index (χ0) is 21.4. The van der Waals surface area contributed by atoms with Crippen molar-refractivity contribution in [3.8, 4) is 0 Å². The van der Waals surface area contributed by atoms with Gasteiger partial charge in [0, 0.05) is 16.5 Å². The second kappa shape index (κ2) is 8.26. The van der Waals surface area contributed by atoms with Gasteiger partial charge in [-0.1, -0.05) is 46.9 Å². The third-order valence-corrected chi connectivity index (χ3v) is 5.57. The van der Waals surface area contributed by atoms with Crippen LogP contribution in [-0.2, 0) is 4.79 Å². The molecule has 1 N–H and O–H groups in total. The van der Waals surface area contributed by atoms with Gasteiger partial charge in [0.05, 0.1) is 16.8 Å². The fraction of sp³-hybridized carbons (Fsp3) is 0.200. The van der Waals surface area contributed by atoms with Gasteiger partial charge in [0.2, 0.25) is 0 Å². The molecule has 1 aromatic heterocycles. The number of halogens is 3. The molecular formula is C20H17Cl3N6O. The summed E-state index contributed by atoms with van der Waals surface area (Å²) in [4.78, 5) is 12.9. The van der Waals surface area contributed by atoms with E-state index in [1.165, 1.54) is 4.68 Å². The van der Waals surface area contributed by atoms with Crippen molar-refractivity contribution in [2.75, 3.05) is 10.4 Å². The molecule has 2 heterocycles. The van der Waals surface area contributed by atoms with Gasteiger partial charge in [-0.3, -0.25) is 15.2 Å². The molecule has 3 aromatic rings. The van der Waals surface area contributed by atoms with Crippen LogP contribution in [0.25, 0.3) is 0 Å². The molecule has 0 radical (unpaired) electrons. The van der Waals surface area contributed by atoms with Crippen LogP contribution < -0.4 is 10.4 Å². The van der Waals surface area contributed by atoms with E-state index in [2.05, 4.69) is 20.7 Å². The Morgan fingerprint density at radius 2 is 1.63 bits per heavy atom. The summed E-state index contributed by atoms with van der Waals surface area (Å²) in [6.45, 7) is 3.51. The Bertz CT molecular complexity index is 1120. The van der Waals surface area contributed by atoms with Crippen molar-refractivity contribution in [1.29, 1.82) is 0 Å². The fourth-order valence-electron chi connectivity index (χ4n) is 3.28. The average molecular weight is 464 g/mol. The Morgan fingerprint density at radius 3 is 2.27 bits per heavy atom. The van der Waals surface area contributed by atoms with E-state index in [-0.39, 0.29) is 11.9 Å². The summed E-state index contributed by atoms with van der Waals surface area (Å²) in [5.41, 5.74) is 4.76. The summed E-state index contributed by atoms with van der Waals surface area (Å²) in [5, 5.41) is 15.8. The fourth-order valence-corrected chi connectivity index (χ4v) is 3.90. The molecule has 30 heavy (non-hydrogen) atoms. The largest absolute Gasteiger partial charge is 0.286 e. The van der Waals surface area contributed by atoms with E-state index in [1.54, 1.807) is 49.2 Å². The Kier molecular flexibility index (Phi) is 5.69. The van der Waals surface area contributed by atoms with Crippen LogP contribution in [0.4, 0.5) is 5.69 Å². The van der Waals surface area contributed by atoms with Gasteiger partial charge in [0.25, 0.3) is 5.91 Å². The van der Waals surface area contributed by atoms with Gasteiger partial charge in [0.15, 0.2) is 0 Å². The number of carbonyl (C=O) groups is 1. The molecule has 7 nitrogen and oxygen atoms in total. The summed E-state index contributed by atoms with van der Waals surface area (Å²) < 4.78 is 1.53. The van der Waals surface area contributed by atoms with Crippen molar-refractivity contribution in [2.24, 2.45) is 5.10 Å². The molecule has 4 rings (SSSR count). The quantitative estimate of drug-likeness (QED) is 0.595. The maximum absolute atomic E-state index is 12.9. The number of nitrogens with zero attached hydrogens (tertiary/aromatic N) is 5. The molecule has 0 fully saturated rings. The summed E-state index contributed by atoms with van der Waals surface area (Å²) in [7, 11) is 0. The Labute approximate surface area is 188 Å². The van der Waals surface area contributed by atoms with E-state index in [1.807, 2.05) is 12.1 Å². The number of hydrogen-bond acceptors (Lipinski definition) is 5. The van der Waals surface area contributed by atoms with E-state index < -0.39 is 0 Å². The first-order valence-corrected chi connectivity index (χ1v) is 10.2. The first-order valence-electron chi connectivity index (χ1n) is 9.10. The molecule has 0 spiro atoms. The van der Waals surface area contributed by atoms with Crippen molar-refractivity contribution in [1.82, 2.24) is 14.9 Å². The standard InChI is InChI=1S/C20H17Cl3N6O/c1-11-24-25-12(2)28(11)27-20(30)17-10-19(13-3-5-14(21)6-4-13)29(26-17)18-8-7-15(22)9-16(18)23/h3-9,19H,10H2,1-2H3,(H,27,30). The monoisotopic (exact) mass is 462 g/mol. The highest BCUT2D eigenvalue weighted by atomic mass is 35.5. The predicted molar refractivity (Wildman–Crippen MR) is 119 cm³/mol. The zero-order valence-electron chi connectivity index (χ0n) is 16.1. The number of aromatic nitrogens is 3. The highest BCUT2D eigenvalue weighted by Gasteiger charge is 2.33. The van der Waals surface area contributed by atoms with E-state index in [0.29, 0.717) is 44.5 Å². The Hall–Kier alpha value is -2.61. The maximum Gasteiger partial charge on any atom is 0.286 e. The third-order valence-electron chi connectivity index (χ3n) is 4.78. The van der Waals surface area contributed by atoms with Gasteiger partial charge in [-0.15, -0.1) is 10.2 Å². The summed E-state index contributed by atoms with van der Waals surface area (Å²) in [5.74, 6) is 0.810. The number of hydrogen-bond donors (Lipinski definition) is 1. The van der Waals surface area contributed by atoms with Crippen LogP contribution >= 0.6 is 34.8 Å². The van der Waals surface area contributed by atoms with Gasteiger partial charge in [-0.25, -0.2) is 4.68 Å². The molecule has 0 aliphatic carbocycles. The van der Waals surface area contributed by atoms with Gasteiger partial charge in [-0.2, -0.15) is 5.10 Å². The first-order chi connectivity index (χ1) is 14.3. The normalized spacial score (nSPS) is 16.0. The van der Waals surface area contributed by atoms with Gasteiger partial charge in [-0.05, 0) is 49.7 Å². The average Bonchev–Trinajstić information content (AvgIpc) is 3.28. The predicted octanol–water partition coefficient (Wildman–Crippen LogP) is 4.93. The lowest BCUT2D eigenvalue weighted by Gasteiger charge is -2.25. The molecule has 1 aliphatic heterocycles. The summed E-state index contributed by atoms with van der Waals surface area (Å²) >= 11 is 18.5. The minimum Gasteiger partial charge on any atom is -0.266 e. The van der Waals surface area contributed by atoms with Gasteiger partial charge in [0.1, 0.15) is 17.4 Å². The molecule has 154 valence electrons. The van der Waals surface area contributed by atoms with E-state index in [4.69, 9.17) is 34.8 Å². The van der Waals surface area contributed by atoms with Crippen LogP contribution in [0.3, 0.4) is 0 Å².